The molecule has 1 rings (SSSR count). The lowest BCUT2D eigenvalue weighted by atomic mass is 10.1. The molecule has 0 radical (unpaired) electrons. The average molecular weight is 203 g/mol. The first-order chi connectivity index (χ1) is 7.09. The summed E-state index contributed by atoms with van der Waals surface area (Å²) in [6.07, 6.45) is 4.37. The van der Waals surface area contributed by atoms with Crippen molar-refractivity contribution in [1.82, 2.24) is 5.32 Å². The zero-order chi connectivity index (χ0) is 11.3. The predicted molar refractivity (Wildman–Crippen MR) is 68.1 cm³/mol. The summed E-state index contributed by atoms with van der Waals surface area (Å²) in [6, 6.07) is 7.10. The first-order valence-electron chi connectivity index (χ1n) is 5.57. The molecule has 0 aromatic heterocycles. The smallest absolute Gasteiger partial charge is 0.0140 e. The largest absolute Gasteiger partial charge is 0.311 e. The van der Waals surface area contributed by atoms with Gasteiger partial charge in [0.1, 0.15) is 0 Å². The van der Waals surface area contributed by atoms with Gasteiger partial charge in [0, 0.05) is 12.6 Å². The van der Waals surface area contributed by atoms with Gasteiger partial charge in [-0.05, 0) is 25.0 Å². The van der Waals surface area contributed by atoms with E-state index in [-0.39, 0.29) is 0 Å². The Morgan fingerprint density at radius 2 is 2.00 bits per heavy atom. The van der Waals surface area contributed by atoms with Gasteiger partial charge in [0.25, 0.3) is 0 Å². The predicted octanol–water partition coefficient (Wildman–Crippen LogP) is 3.31. The van der Waals surface area contributed by atoms with Gasteiger partial charge in [0.15, 0.2) is 0 Å². The van der Waals surface area contributed by atoms with E-state index in [1.54, 1.807) is 0 Å². The second-order valence-electron chi connectivity index (χ2n) is 4.33. The molecule has 0 aliphatic carbocycles. The van der Waals surface area contributed by atoms with Crippen LogP contribution in [0.2, 0.25) is 0 Å². The van der Waals surface area contributed by atoms with Gasteiger partial charge in [-0.2, -0.15) is 0 Å². The fourth-order valence-electron chi connectivity index (χ4n) is 1.43. The molecule has 15 heavy (non-hydrogen) atoms. The van der Waals surface area contributed by atoms with Crippen molar-refractivity contribution in [2.24, 2.45) is 0 Å². The zero-order valence-electron chi connectivity index (χ0n) is 10.2. The van der Waals surface area contributed by atoms with Crippen molar-refractivity contribution in [3.8, 4) is 0 Å². The fourth-order valence-corrected chi connectivity index (χ4v) is 1.43. The van der Waals surface area contributed by atoms with Gasteiger partial charge in [-0.25, -0.2) is 0 Å². The van der Waals surface area contributed by atoms with Crippen LogP contribution in [0.15, 0.2) is 24.3 Å². The van der Waals surface area contributed by atoms with E-state index in [2.05, 4.69) is 63.4 Å². The lowest BCUT2D eigenvalue weighted by molar-refractivity contribution is 0.633. The maximum Gasteiger partial charge on any atom is 0.0140 e. The van der Waals surface area contributed by atoms with Crippen LogP contribution in [0.5, 0.6) is 0 Å². The third-order valence-corrected chi connectivity index (χ3v) is 2.38. The normalized spacial score (nSPS) is 11.5. The second-order valence-corrected chi connectivity index (χ2v) is 4.33. The summed E-state index contributed by atoms with van der Waals surface area (Å²) in [6.45, 7) is 9.53. The molecule has 0 atom stereocenters. The van der Waals surface area contributed by atoms with Crippen LogP contribution in [0, 0.1) is 13.8 Å². The van der Waals surface area contributed by atoms with Crippen molar-refractivity contribution >= 4 is 6.08 Å². The number of benzene rings is 1. The Bertz CT molecular complexity index is 337. The summed E-state index contributed by atoms with van der Waals surface area (Å²) < 4.78 is 0. The Morgan fingerprint density at radius 3 is 2.67 bits per heavy atom. The van der Waals surface area contributed by atoms with E-state index in [0.29, 0.717) is 6.04 Å². The molecule has 1 aromatic carbocycles. The summed E-state index contributed by atoms with van der Waals surface area (Å²) in [7, 11) is 0. The summed E-state index contributed by atoms with van der Waals surface area (Å²) >= 11 is 0. The Morgan fingerprint density at radius 1 is 1.27 bits per heavy atom. The van der Waals surface area contributed by atoms with Gasteiger partial charge in [0.05, 0.1) is 0 Å². The van der Waals surface area contributed by atoms with Crippen LogP contribution in [0.25, 0.3) is 6.08 Å². The van der Waals surface area contributed by atoms with E-state index in [1.807, 2.05) is 0 Å². The third-order valence-electron chi connectivity index (χ3n) is 2.38. The van der Waals surface area contributed by atoms with E-state index in [9.17, 15) is 0 Å². The van der Waals surface area contributed by atoms with E-state index in [4.69, 9.17) is 0 Å². The van der Waals surface area contributed by atoms with Crippen molar-refractivity contribution < 1.29 is 0 Å². The molecule has 0 unspecified atom stereocenters. The average Bonchev–Trinajstić information content (AvgIpc) is 2.17. The van der Waals surface area contributed by atoms with Crippen LogP contribution in [0.1, 0.15) is 30.5 Å². The Balaban J connectivity index is 2.59. The molecule has 0 bridgehead atoms. The van der Waals surface area contributed by atoms with Gasteiger partial charge in [0.2, 0.25) is 0 Å². The fraction of sp³-hybridized carbons (Fsp3) is 0.429. The summed E-state index contributed by atoms with van der Waals surface area (Å²) in [5, 5.41) is 3.36. The van der Waals surface area contributed by atoms with Gasteiger partial charge < -0.3 is 5.32 Å². The molecule has 0 fully saturated rings. The highest BCUT2D eigenvalue weighted by Gasteiger charge is 1.93. The van der Waals surface area contributed by atoms with Crippen molar-refractivity contribution in [1.29, 1.82) is 0 Å². The van der Waals surface area contributed by atoms with E-state index in [1.165, 1.54) is 16.7 Å². The summed E-state index contributed by atoms with van der Waals surface area (Å²) in [5.41, 5.74) is 3.97. The quantitative estimate of drug-likeness (QED) is 0.791. The minimum atomic E-state index is 0.549. The maximum atomic E-state index is 3.36. The highest BCUT2D eigenvalue weighted by molar-refractivity contribution is 5.54. The number of aryl methyl sites for hydroxylation is 2. The molecule has 1 heteroatoms. The molecule has 1 nitrogen and oxygen atoms in total. The van der Waals surface area contributed by atoms with Gasteiger partial charge in [-0.1, -0.05) is 49.8 Å². The molecule has 0 aliphatic rings. The first kappa shape index (κ1) is 12.0. The van der Waals surface area contributed by atoms with Crippen molar-refractivity contribution in [2.45, 2.75) is 33.7 Å². The van der Waals surface area contributed by atoms with Crippen LogP contribution in [0.4, 0.5) is 0 Å². The van der Waals surface area contributed by atoms with Gasteiger partial charge in [-0.3, -0.25) is 0 Å². The molecule has 0 spiro atoms. The number of hydrogen-bond acceptors (Lipinski definition) is 1. The number of hydrogen-bond donors (Lipinski definition) is 1. The Hall–Kier alpha value is -1.08. The minimum Gasteiger partial charge on any atom is -0.311 e. The SMILES string of the molecule is Cc1ccc(C)c(C=CCNC(C)C)c1. The zero-order valence-corrected chi connectivity index (χ0v) is 10.2. The monoisotopic (exact) mass is 203 g/mol. The first-order valence-corrected chi connectivity index (χ1v) is 5.57. The standard InChI is InChI=1S/C14H21N/c1-11(2)15-9-5-6-14-10-12(3)7-8-13(14)4/h5-8,10-11,15H,9H2,1-4H3. The summed E-state index contributed by atoms with van der Waals surface area (Å²) in [4.78, 5) is 0. The van der Waals surface area contributed by atoms with Crippen LogP contribution in [-0.4, -0.2) is 12.6 Å². The minimum absolute atomic E-state index is 0.549. The lowest BCUT2D eigenvalue weighted by Crippen LogP contribution is -2.22. The van der Waals surface area contributed by atoms with E-state index < -0.39 is 0 Å². The molecule has 0 aliphatic heterocycles. The van der Waals surface area contributed by atoms with Crippen molar-refractivity contribution in [3.63, 3.8) is 0 Å². The van der Waals surface area contributed by atoms with E-state index in [0.717, 1.165) is 6.54 Å². The van der Waals surface area contributed by atoms with Crippen molar-refractivity contribution in [3.05, 3.63) is 41.0 Å². The maximum absolute atomic E-state index is 3.36. The summed E-state index contributed by atoms with van der Waals surface area (Å²) in [5.74, 6) is 0. The van der Waals surface area contributed by atoms with Crippen LogP contribution in [0.3, 0.4) is 0 Å². The molecule has 1 aromatic rings. The van der Waals surface area contributed by atoms with Gasteiger partial charge in [-0.15, -0.1) is 0 Å². The lowest BCUT2D eigenvalue weighted by Gasteiger charge is -2.04. The third kappa shape index (κ3) is 4.30. The molecule has 0 heterocycles. The molecule has 0 saturated heterocycles. The molecular weight excluding hydrogens is 182 g/mol. The van der Waals surface area contributed by atoms with E-state index >= 15 is 0 Å². The Kier molecular flexibility index (Phi) is 4.57. The van der Waals surface area contributed by atoms with Gasteiger partial charge >= 0.3 is 0 Å². The number of rotatable bonds is 4. The molecule has 1 N–H and O–H groups in total. The van der Waals surface area contributed by atoms with Crippen LogP contribution < -0.4 is 5.32 Å². The van der Waals surface area contributed by atoms with Crippen LogP contribution in [-0.2, 0) is 0 Å². The van der Waals surface area contributed by atoms with Crippen molar-refractivity contribution in [2.75, 3.05) is 6.54 Å². The molecule has 0 saturated carbocycles. The molecular formula is C14H21N. The Labute approximate surface area is 93.2 Å². The number of nitrogens with one attached hydrogen (secondary N) is 1. The molecule has 82 valence electrons. The van der Waals surface area contributed by atoms with Crippen LogP contribution >= 0.6 is 0 Å². The topological polar surface area (TPSA) is 12.0 Å². The highest BCUT2D eigenvalue weighted by atomic mass is 14.9. The molecule has 0 amide bonds. The second kappa shape index (κ2) is 5.72. The highest BCUT2D eigenvalue weighted by Crippen LogP contribution is 2.11.